The van der Waals surface area contributed by atoms with Crippen molar-refractivity contribution < 1.29 is 39.4 Å². The Labute approximate surface area is 129 Å². The molecule has 2 aliphatic rings. The predicted octanol–water partition coefficient (Wildman–Crippen LogP) is -1.41. The number of hydrogen-bond acceptors (Lipinski definition) is 8. The Balaban J connectivity index is 1.98. The fourth-order valence-electron chi connectivity index (χ4n) is 2.86. The van der Waals surface area contributed by atoms with Crippen LogP contribution in [0.3, 0.4) is 0 Å². The Bertz CT molecular complexity index is 341. The van der Waals surface area contributed by atoms with Crippen LogP contribution in [0.15, 0.2) is 0 Å². The molecule has 0 aliphatic carbocycles. The maximum absolute atomic E-state index is 9.97. The van der Waals surface area contributed by atoms with Crippen LogP contribution in [-0.4, -0.2) is 83.8 Å². The van der Waals surface area contributed by atoms with E-state index in [1.54, 1.807) is 0 Å². The van der Waals surface area contributed by atoms with Crippen molar-refractivity contribution in [1.82, 2.24) is 0 Å². The maximum atomic E-state index is 9.97. The quantitative estimate of drug-likeness (QED) is 0.488. The number of aliphatic hydroxyl groups excluding tert-OH is 4. The summed E-state index contributed by atoms with van der Waals surface area (Å²) in [4.78, 5) is 0. The highest BCUT2D eigenvalue weighted by molar-refractivity contribution is 4.84. The summed E-state index contributed by atoms with van der Waals surface area (Å²) in [5.41, 5.74) is 0. The molecule has 4 unspecified atom stereocenters. The summed E-state index contributed by atoms with van der Waals surface area (Å²) in [6.07, 6.45) is -4.82. The molecule has 2 heterocycles. The number of ether oxygens (including phenoxy) is 4. The Morgan fingerprint density at radius 2 is 1.77 bits per heavy atom. The first-order valence-electron chi connectivity index (χ1n) is 7.56. The molecular formula is C14H26O8. The molecule has 4 N–H and O–H groups in total. The third kappa shape index (κ3) is 4.15. The highest BCUT2D eigenvalue weighted by atomic mass is 16.7. The second kappa shape index (κ2) is 7.98. The number of rotatable bonds is 5. The van der Waals surface area contributed by atoms with E-state index in [9.17, 15) is 20.4 Å². The third-order valence-electron chi connectivity index (χ3n) is 4.17. The van der Waals surface area contributed by atoms with Crippen LogP contribution in [0.1, 0.15) is 19.8 Å². The SMILES string of the molecule is COCC1O[C@H](O[C@H]2CC(O)[C@@H](O)OC2CO)C(C)C[C@@H]1O. The number of aliphatic hydroxyl groups is 4. The summed E-state index contributed by atoms with van der Waals surface area (Å²) < 4.78 is 21.7. The van der Waals surface area contributed by atoms with Gasteiger partial charge in [-0.15, -0.1) is 0 Å². The van der Waals surface area contributed by atoms with Gasteiger partial charge in [0.2, 0.25) is 0 Å². The lowest BCUT2D eigenvalue weighted by Gasteiger charge is -2.42. The summed E-state index contributed by atoms with van der Waals surface area (Å²) in [6.45, 7) is 1.80. The van der Waals surface area contributed by atoms with Crippen molar-refractivity contribution in [2.75, 3.05) is 20.3 Å². The van der Waals surface area contributed by atoms with E-state index in [1.165, 1.54) is 7.11 Å². The summed E-state index contributed by atoms with van der Waals surface area (Å²) in [5, 5.41) is 38.5. The zero-order chi connectivity index (χ0) is 16.3. The van der Waals surface area contributed by atoms with Crippen LogP contribution in [0.4, 0.5) is 0 Å². The zero-order valence-electron chi connectivity index (χ0n) is 12.9. The number of hydrogen-bond donors (Lipinski definition) is 4. The minimum Gasteiger partial charge on any atom is -0.394 e. The van der Waals surface area contributed by atoms with Gasteiger partial charge >= 0.3 is 0 Å². The van der Waals surface area contributed by atoms with Gasteiger partial charge in [-0.05, 0) is 6.42 Å². The minimum absolute atomic E-state index is 0.0635. The molecule has 2 rings (SSSR count). The standard InChI is InChI=1S/C14H26O8/c1-7-3-8(16)12(6-19-2)22-14(7)21-10-4-9(17)13(18)20-11(10)5-15/h7-18H,3-6H2,1-2H3/t7?,8-,9?,10-,11?,12?,13-,14-/m0/s1. The van der Waals surface area contributed by atoms with E-state index in [2.05, 4.69) is 0 Å². The van der Waals surface area contributed by atoms with Crippen molar-refractivity contribution in [2.24, 2.45) is 5.92 Å². The molecule has 0 radical (unpaired) electrons. The molecule has 22 heavy (non-hydrogen) atoms. The van der Waals surface area contributed by atoms with Gasteiger partial charge in [0.25, 0.3) is 0 Å². The maximum Gasteiger partial charge on any atom is 0.181 e. The third-order valence-corrected chi connectivity index (χ3v) is 4.17. The first-order valence-corrected chi connectivity index (χ1v) is 7.56. The van der Waals surface area contributed by atoms with Crippen molar-refractivity contribution in [3.05, 3.63) is 0 Å². The molecule has 0 spiro atoms. The second-order valence-corrected chi connectivity index (χ2v) is 6.00. The smallest absolute Gasteiger partial charge is 0.181 e. The molecule has 8 nitrogen and oxygen atoms in total. The van der Waals surface area contributed by atoms with E-state index in [1.807, 2.05) is 6.92 Å². The summed E-state index contributed by atoms with van der Waals surface area (Å²) >= 11 is 0. The largest absolute Gasteiger partial charge is 0.394 e. The molecule has 8 heteroatoms. The summed E-state index contributed by atoms with van der Waals surface area (Å²) in [5.74, 6) is -0.0635. The monoisotopic (exact) mass is 322 g/mol. The second-order valence-electron chi connectivity index (χ2n) is 6.00. The first kappa shape index (κ1) is 18.0. The van der Waals surface area contributed by atoms with Crippen molar-refractivity contribution in [3.63, 3.8) is 0 Å². The van der Waals surface area contributed by atoms with Gasteiger partial charge in [-0.1, -0.05) is 6.92 Å². The highest BCUT2D eigenvalue weighted by Gasteiger charge is 2.42. The fraction of sp³-hybridized carbons (Fsp3) is 1.00. The molecule has 2 aliphatic heterocycles. The first-order chi connectivity index (χ1) is 10.5. The van der Waals surface area contributed by atoms with Crippen molar-refractivity contribution >= 4 is 0 Å². The predicted molar refractivity (Wildman–Crippen MR) is 73.8 cm³/mol. The van der Waals surface area contributed by atoms with Gasteiger partial charge in [0, 0.05) is 19.4 Å². The van der Waals surface area contributed by atoms with Gasteiger partial charge in [-0.2, -0.15) is 0 Å². The van der Waals surface area contributed by atoms with Gasteiger partial charge in [0.05, 0.1) is 25.4 Å². The van der Waals surface area contributed by atoms with Crippen molar-refractivity contribution in [2.45, 2.75) is 62.9 Å². The Morgan fingerprint density at radius 1 is 1.05 bits per heavy atom. The van der Waals surface area contributed by atoms with E-state index in [4.69, 9.17) is 18.9 Å². The van der Waals surface area contributed by atoms with E-state index < -0.39 is 43.1 Å². The zero-order valence-corrected chi connectivity index (χ0v) is 12.9. The van der Waals surface area contributed by atoms with Gasteiger partial charge in [0.1, 0.15) is 18.3 Å². The molecule has 0 amide bonds. The summed E-state index contributed by atoms with van der Waals surface area (Å²) in [7, 11) is 1.53. The molecule has 0 aromatic carbocycles. The molecule has 0 saturated carbocycles. The molecule has 8 atom stereocenters. The van der Waals surface area contributed by atoms with Crippen LogP contribution in [0, 0.1) is 5.92 Å². The Morgan fingerprint density at radius 3 is 2.41 bits per heavy atom. The minimum atomic E-state index is -1.33. The van der Waals surface area contributed by atoms with Crippen molar-refractivity contribution in [1.29, 1.82) is 0 Å². The van der Waals surface area contributed by atoms with Crippen LogP contribution in [0.25, 0.3) is 0 Å². The average molecular weight is 322 g/mol. The van der Waals surface area contributed by atoms with Gasteiger partial charge in [-0.25, -0.2) is 0 Å². The molecule has 2 fully saturated rings. The molecule has 0 aromatic heterocycles. The van der Waals surface area contributed by atoms with Gasteiger partial charge in [0.15, 0.2) is 12.6 Å². The van der Waals surface area contributed by atoms with E-state index in [0.717, 1.165) is 0 Å². The lowest BCUT2D eigenvalue weighted by Crippen LogP contribution is -2.53. The van der Waals surface area contributed by atoms with Crippen LogP contribution >= 0.6 is 0 Å². The Hall–Kier alpha value is -0.320. The van der Waals surface area contributed by atoms with E-state index in [0.29, 0.717) is 6.42 Å². The number of methoxy groups -OCH3 is 1. The highest BCUT2D eigenvalue weighted by Crippen LogP contribution is 2.30. The lowest BCUT2D eigenvalue weighted by atomic mass is 9.95. The van der Waals surface area contributed by atoms with Crippen LogP contribution in [0.5, 0.6) is 0 Å². The molecular weight excluding hydrogens is 296 g/mol. The van der Waals surface area contributed by atoms with Crippen LogP contribution < -0.4 is 0 Å². The Kier molecular flexibility index (Phi) is 6.54. The van der Waals surface area contributed by atoms with Gasteiger partial charge < -0.3 is 39.4 Å². The lowest BCUT2D eigenvalue weighted by molar-refractivity contribution is -0.314. The summed E-state index contributed by atoms with van der Waals surface area (Å²) in [6, 6.07) is 0. The average Bonchev–Trinajstić information content (AvgIpc) is 2.47. The molecule has 0 bridgehead atoms. The van der Waals surface area contributed by atoms with E-state index in [-0.39, 0.29) is 25.6 Å². The van der Waals surface area contributed by atoms with E-state index >= 15 is 0 Å². The van der Waals surface area contributed by atoms with Crippen molar-refractivity contribution in [3.8, 4) is 0 Å². The van der Waals surface area contributed by atoms with Gasteiger partial charge in [-0.3, -0.25) is 0 Å². The topological polar surface area (TPSA) is 118 Å². The van der Waals surface area contributed by atoms with Crippen LogP contribution in [0.2, 0.25) is 0 Å². The normalized spacial score (nSPS) is 46.6. The fourth-order valence-corrected chi connectivity index (χ4v) is 2.86. The molecule has 130 valence electrons. The molecule has 2 saturated heterocycles. The van der Waals surface area contributed by atoms with Crippen LogP contribution in [-0.2, 0) is 18.9 Å². The molecule has 0 aromatic rings.